The Hall–Kier alpha value is -1.62. The van der Waals surface area contributed by atoms with E-state index in [0.29, 0.717) is 17.1 Å². The van der Waals surface area contributed by atoms with E-state index in [9.17, 15) is 4.79 Å². The van der Waals surface area contributed by atoms with E-state index in [0.717, 1.165) is 25.9 Å². The summed E-state index contributed by atoms with van der Waals surface area (Å²) in [5.74, 6) is 0.194. The highest BCUT2D eigenvalue weighted by molar-refractivity contribution is 5.90. The van der Waals surface area contributed by atoms with Gasteiger partial charge < -0.3 is 14.8 Å². The summed E-state index contributed by atoms with van der Waals surface area (Å²) >= 11 is 0. The number of nitrogens with zero attached hydrogens (tertiary/aromatic N) is 1. The Labute approximate surface area is 107 Å². The Kier molecular flexibility index (Phi) is 4.15. The third kappa shape index (κ3) is 2.98. The third-order valence-electron chi connectivity index (χ3n) is 3.00. The van der Waals surface area contributed by atoms with Gasteiger partial charge in [0.15, 0.2) is 0 Å². The number of esters is 1. The van der Waals surface area contributed by atoms with E-state index in [1.807, 2.05) is 0 Å². The summed E-state index contributed by atoms with van der Waals surface area (Å²) in [6.07, 6.45) is 2.31. The first-order valence-electron chi connectivity index (χ1n) is 6.14. The molecule has 0 saturated carbocycles. The number of hydrogen-bond donors (Lipinski definition) is 1. The fourth-order valence-corrected chi connectivity index (χ4v) is 2.02. The number of rotatable bonds is 3. The van der Waals surface area contributed by atoms with E-state index in [2.05, 4.69) is 15.0 Å². The molecule has 5 nitrogen and oxygen atoms in total. The van der Waals surface area contributed by atoms with Crippen LogP contribution in [0.5, 0.6) is 5.88 Å². The monoisotopic (exact) mass is 250 g/mol. The lowest BCUT2D eigenvalue weighted by Gasteiger charge is -2.23. The number of methoxy groups -OCH3 is 1. The Bertz CT molecular complexity index is 428. The van der Waals surface area contributed by atoms with Crippen LogP contribution in [0.3, 0.4) is 0 Å². The SMILES string of the molecule is COC(=O)c1ccc(OC2CCCNC2)nc1C. The topological polar surface area (TPSA) is 60.5 Å². The molecule has 2 heterocycles. The summed E-state index contributed by atoms with van der Waals surface area (Å²) in [7, 11) is 1.36. The van der Waals surface area contributed by atoms with Gasteiger partial charge in [-0.2, -0.15) is 0 Å². The Balaban J connectivity index is 2.06. The lowest BCUT2D eigenvalue weighted by Crippen LogP contribution is -2.37. The number of ether oxygens (including phenoxy) is 2. The Morgan fingerprint density at radius 3 is 2.94 bits per heavy atom. The average Bonchev–Trinajstić information content (AvgIpc) is 2.39. The number of carbonyl (C=O) groups is 1. The van der Waals surface area contributed by atoms with Crippen LogP contribution in [0.1, 0.15) is 28.9 Å². The number of aromatic nitrogens is 1. The fourth-order valence-electron chi connectivity index (χ4n) is 2.02. The predicted octanol–water partition coefficient (Wildman–Crippen LogP) is 1.31. The number of nitrogens with one attached hydrogen (secondary N) is 1. The first-order valence-corrected chi connectivity index (χ1v) is 6.14. The van der Waals surface area contributed by atoms with Crippen LogP contribution in [0.4, 0.5) is 0 Å². The maximum Gasteiger partial charge on any atom is 0.339 e. The molecule has 1 fully saturated rings. The molecular weight excluding hydrogens is 232 g/mol. The molecule has 0 aromatic carbocycles. The van der Waals surface area contributed by atoms with E-state index in [1.54, 1.807) is 19.1 Å². The number of piperidine rings is 1. The molecule has 1 aliphatic heterocycles. The highest BCUT2D eigenvalue weighted by Gasteiger charge is 2.16. The molecule has 1 aliphatic rings. The van der Waals surface area contributed by atoms with Crippen molar-refractivity contribution in [1.82, 2.24) is 10.3 Å². The van der Waals surface area contributed by atoms with Crippen molar-refractivity contribution >= 4 is 5.97 Å². The zero-order valence-corrected chi connectivity index (χ0v) is 10.7. The molecule has 98 valence electrons. The van der Waals surface area contributed by atoms with Gasteiger partial charge in [-0.1, -0.05) is 0 Å². The molecule has 0 aliphatic carbocycles. The van der Waals surface area contributed by atoms with Gasteiger partial charge in [-0.3, -0.25) is 0 Å². The standard InChI is InChI=1S/C13H18N2O3/c1-9-11(13(16)17-2)5-6-12(15-9)18-10-4-3-7-14-8-10/h5-6,10,14H,3-4,7-8H2,1-2H3. The van der Waals surface area contributed by atoms with Crippen molar-refractivity contribution in [3.05, 3.63) is 23.4 Å². The second kappa shape index (κ2) is 5.82. The second-order valence-electron chi connectivity index (χ2n) is 4.36. The first-order chi connectivity index (χ1) is 8.70. The molecule has 2 rings (SSSR count). The Morgan fingerprint density at radius 2 is 2.33 bits per heavy atom. The summed E-state index contributed by atoms with van der Waals surface area (Å²) in [5, 5.41) is 3.28. The van der Waals surface area contributed by atoms with E-state index < -0.39 is 0 Å². The highest BCUT2D eigenvalue weighted by Crippen LogP contribution is 2.16. The minimum atomic E-state index is -0.370. The minimum Gasteiger partial charge on any atom is -0.473 e. The molecule has 18 heavy (non-hydrogen) atoms. The number of aryl methyl sites for hydroxylation is 1. The van der Waals surface area contributed by atoms with Gasteiger partial charge in [0.1, 0.15) is 6.10 Å². The van der Waals surface area contributed by atoms with Crippen molar-refractivity contribution in [3.8, 4) is 5.88 Å². The van der Waals surface area contributed by atoms with Crippen molar-refractivity contribution in [3.63, 3.8) is 0 Å². The Morgan fingerprint density at radius 1 is 1.50 bits per heavy atom. The van der Waals surface area contributed by atoms with Crippen LogP contribution >= 0.6 is 0 Å². The van der Waals surface area contributed by atoms with Crippen molar-refractivity contribution < 1.29 is 14.3 Å². The molecule has 0 spiro atoms. The molecule has 0 radical (unpaired) electrons. The van der Waals surface area contributed by atoms with Gasteiger partial charge in [-0.25, -0.2) is 9.78 Å². The van der Waals surface area contributed by atoms with Crippen LogP contribution < -0.4 is 10.1 Å². The summed E-state index contributed by atoms with van der Waals surface area (Å²) in [5.41, 5.74) is 1.11. The maximum absolute atomic E-state index is 11.4. The molecule has 1 atom stereocenters. The van der Waals surface area contributed by atoms with Crippen LogP contribution in [-0.4, -0.2) is 37.3 Å². The zero-order chi connectivity index (χ0) is 13.0. The van der Waals surface area contributed by atoms with Crippen LogP contribution in [0.25, 0.3) is 0 Å². The summed E-state index contributed by atoms with van der Waals surface area (Å²) in [6, 6.07) is 3.41. The van der Waals surface area contributed by atoms with Crippen LogP contribution in [0.15, 0.2) is 12.1 Å². The number of pyridine rings is 1. The second-order valence-corrected chi connectivity index (χ2v) is 4.36. The molecule has 1 unspecified atom stereocenters. The molecule has 1 saturated heterocycles. The average molecular weight is 250 g/mol. The largest absolute Gasteiger partial charge is 0.473 e. The lowest BCUT2D eigenvalue weighted by atomic mass is 10.1. The minimum absolute atomic E-state index is 0.162. The summed E-state index contributed by atoms with van der Waals surface area (Å²) < 4.78 is 10.5. The van der Waals surface area contributed by atoms with Gasteiger partial charge in [0, 0.05) is 12.6 Å². The molecular formula is C13H18N2O3. The molecule has 0 bridgehead atoms. The molecule has 1 aromatic heterocycles. The van der Waals surface area contributed by atoms with Crippen LogP contribution in [0.2, 0.25) is 0 Å². The van der Waals surface area contributed by atoms with E-state index >= 15 is 0 Å². The quantitative estimate of drug-likeness (QED) is 0.819. The summed E-state index contributed by atoms with van der Waals surface area (Å²) in [4.78, 5) is 15.7. The van der Waals surface area contributed by atoms with E-state index in [-0.39, 0.29) is 12.1 Å². The predicted molar refractivity (Wildman–Crippen MR) is 66.8 cm³/mol. The number of hydrogen-bond acceptors (Lipinski definition) is 5. The van der Waals surface area contributed by atoms with Gasteiger partial charge in [0.25, 0.3) is 0 Å². The molecule has 1 N–H and O–H groups in total. The smallest absolute Gasteiger partial charge is 0.339 e. The van der Waals surface area contributed by atoms with E-state index in [1.165, 1.54) is 7.11 Å². The van der Waals surface area contributed by atoms with Gasteiger partial charge >= 0.3 is 5.97 Å². The number of carbonyl (C=O) groups excluding carboxylic acids is 1. The van der Waals surface area contributed by atoms with Crippen molar-refractivity contribution in [2.75, 3.05) is 20.2 Å². The van der Waals surface area contributed by atoms with Gasteiger partial charge in [-0.15, -0.1) is 0 Å². The first kappa shape index (κ1) is 12.8. The fraction of sp³-hybridized carbons (Fsp3) is 0.538. The van der Waals surface area contributed by atoms with Crippen LogP contribution in [-0.2, 0) is 4.74 Å². The van der Waals surface area contributed by atoms with E-state index in [4.69, 9.17) is 4.74 Å². The van der Waals surface area contributed by atoms with Gasteiger partial charge in [-0.05, 0) is 32.4 Å². The highest BCUT2D eigenvalue weighted by atomic mass is 16.5. The third-order valence-corrected chi connectivity index (χ3v) is 3.00. The molecule has 1 aromatic rings. The van der Waals surface area contributed by atoms with Crippen LogP contribution in [0, 0.1) is 6.92 Å². The summed E-state index contributed by atoms with van der Waals surface area (Å²) in [6.45, 7) is 3.67. The molecule has 5 heteroatoms. The van der Waals surface area contributed by atoms with Gasteiger partial charge in [0.2, 0.25) is 5.88 Å². The van der Waals surface area contributed by atoms with Crippen molar-refractivity contribution in [2.24, 2.45) is 0 Å². The molecule has 0 amide bonds. The van der Waals surface area contributed by atoms with Crippen molar-refractivity contribution in [2.45, 2.75) is 25.9 Å². The lowest BCUT2D eigenvalue weighted by molar-refractivity contribution is 0.0599. The zero-order valence-electron chi connectivity index (χ0n) is 10.7. The maximum atomic E-state index is 11.4. The van der Waals surface area contributed by atoms with Crippen molar-refractivity contribution in [1.29, 1.82) is 0 Å². The normalized spacial score (nSPS) is 19.3. The van der Waals surface area contributed by atoms with Gasteiger partial charge in [0.05, 0.1) is 18.4 Å².